The van der Waals surface area contributed by atoms with Crippen molar-refractivity contribution in [3.05, 3.63) is 24.2 Å². The van der Waals surface area contributed by atoms with E-state index in [1.165, 1.54) is 6.26 Å². The number of carbonyl (C=O) groups is 2. The van der Waals surface area contributed by atoms with Crippen LogP contribution in [0.15, 0.2) is 23.0 Å². The van der Waals surface area contributed by atoms with Crippen LogP contribution >= 0.6 is 0 Å². The third-order valence-corrected chi connectivity index (χ3v) is 5.91. The predicted octanol–water partition coefficient (Wildman–Crippen LogP) is 2.26. The van der Waals surface area contributed by atoms with E-state index in [4.69, 9.17) is 23.8 Å². The summed E-state index contributed by atoms with van der Waals surface area (Å²) >= 11 is 0. The van der Waals surface area contributed by atoms with Gasteiger partial charge in [-0.25, -0.2) is 4.79 Å². The first-order valence-electron chi connectivity index (χ1n) is 10.2. The molecule has 0 bridgehead atoms. The third-order valence-electron chi connectivity index (χ3n) is 5.91. The van der Waals surface area contributed by atoms with Crippen LogP contribution in [0.1, 0.15) is 29.6 Å². The van der Waals surface area contributed by atoms with E-state index in [-0.39, 0.29) is 11.3 Å². The van der Waals surface area contributed by atoms with Crippen molar-refractivity contribution in [3.8, 4) is 0 Å². The first-order chi connectivity index (χ1) is 14.7. The van der Waals surface area contributed by atoms with E-state index >= 15 is 0 Å². The second kappa shape index (κ2) is 10.0. The molecule has 1 N–H and O–H groups in total. The van der Waals surface area contributed by atoms with Crippen LogP contribution in [0.2, 0.25) is 0 Å². The van der Waals surface area contributed by atoms with Crippen molar-refractivity contribution >= 4 is 11.9 Å². The van der Waals surface area contributed by atoms with Crippen LogP contribution in [-0.4, -0.2) is 91.6 Å². The van der Waals surface area contributed by atoms with Crippen molar-refractivity contribution in [1.29, 1.82) is 0 Å². The molecule has 1 unspecified atom stereocenters. The smallest absolute Gasteiger partial charge is 0.475 e. The van der Waals surface area contributed by atoms with Crippen LogP contribution in [0, 0.1) is 5.41 Å². The van der Waals surface area contributed by atoms with Crippen molar-refractivity contribution < 1.29 is 41.8 Å². The Kier molecular flexibility index (Phi) is 7.60. The fourth-order valence-electron chi connectivity index (χ4n) is 4.31. The molecule has 31 heavy (non-hydrogen) atoms. The van der Waals surface area contributed by atoms with Gasteiger partial charge in [0.05, 0.1) is 25.0 Å². The highest BCUT2D eigenvalue weighted by Gasteiger charge is 2.44. The van der Waals surface area contributed by atoms with Gasteiger partial charge in [-0.1, -0.05) is 0 Å². The summed E-state index contributed by atoms with van der Waals surface area (Å²) in [6, 6.07) is 2.36. The second-order valence-electron chi connectivity index (χ2n) is 8.16. The number of likely N-dealkylation sites (tertiary alicyclic amines) is 1. The van der Waals surface area contributed by atoms with E-state index in [2.05, 4.69) is 4.90 Å². The number of carbonyl (C=O) groups excluding carboxylic acids is 1. The molecule has 3 aliphatic heterocycles. The number of amides is 1. The molecule has 1 atom stereocenters. The van der Waals surface area contributed by atoms with Crippen molar-refractivity contribution in [2.24, 2.45) is 5.41 Å². The molecule has 1 spiro atoms. The predicted molar refractivity (Wildman–Crippen MR) is 102 cm³/mol. The van der Waals surface area contributed by atoms with Crippen molar-refractivity contribution in [1.82, 2.24) is 9.80 Å². The van der Waals surface area contributed by atoms with Gasteiger partial charge in [-0.05, 0) is 31.9 Å². The third kappa shape index (κ3) is 6.20. The maximum absolute atomic E-state index is 12.7. The van der Waals surface area contributed by atoms with Crippen LogP contribution < -0.4 is 0 Å². The molecule has 174 valence electrons. The Bertz CT molecular complexity index is 736. The van der Waals surface area contributed by atoms with Crippen LogP contribution in [0.5, 0.6) is 0 Å². The van der Waals surface area contributed by atoms with E-state index in [1.807, 2.05) is 4.90 Å². The quantitative estimate of drug-likeness (QED) is 0.742. The lowest BCUT2D eigenvalue weighted by Crippen LogP contribution is -2.45. The normalized spacial score (nSPS) is 25.7. The minimum atomic E-state index is -5.08. The number of furan rings is 1. The summed E-state index contributed by atoms with van der Waals surface area (Å²) in [6.45, 7) is 6.66. The average molecular weight is 448 g/mol. The molecule has 11 heteroatoms. The highest BCUT2D eigenvalue weighted by atomic mass is 19.4. The number of rotatable bonds is 2. The minimum absolute atomic E-state index is 0.0538. The molecular weight excluding hydrogens is 421 g/mol. The molecule has 1 aromatic rings. The molecule has 8 nitrogen and oxygen atoms in total. The number of hydrogen-bond acceptors (Lipinski definition) is 6. The summed E-state index contributed by atoms with van der Waals surface area (Å²) in [5.41, 5.74) is 0.695. The highest BCUT2D eigenvalue weighted by molar-refractivity contribution is 5.93. The molecule has 0 saturated carbocycles. The number of hydrogen-bond donors (Lipinski definition) is 1. The van der Waals surface area contributed by atoms with Crippen LogP contribution in [0.4, 0.5) is 13.2 Å². The fourth-order valence-corrected chi connectivity index (χ4v) is 4.31. The Morgan fingerprint density at radius 2 is 1.81 bits per heavy atom. The van der Waals surface area contributed by atoms with Crippen molar-refractivity contribution in [2.45, 2.75) is 31.5 Å². The molecule has 4 rings (SSSR count). The lowest BCUT2D eigenvalue weighted by Gasteiger charge is -2.35. The van der Waals surface area contributed by atoms with E-state index in [1.54, 1.807) is 12.3 Å². The van der Waals surface area contributed by atoms with Gasteiger partial charge in [0.25, 0.3) is 5.91 Å². The van der Waals surface area contributed by atoms with Gasteiger partial charge in [0, 0.05) is 44.3 Å². The Hall–Kier alpha value is -2.11. The number of nitrogens with zero attached hydrogens (tertiary/aromatic N) is 2. The monoisotopic (exact) mass is 448 g/mol. The van der Waals surface area contributed by atoms with Crippen LogP contribution in [0.3, 0.4) is 0 Å². The SMILES string of the molecule is O=C(O)C(F)(F)F.O=C(c1ccoc1)N1CCOCC2(CCN(C3CCOCC3)C2)C1. The zero-order valence-electron chi connectivity index (χ0n) is 17.1. The Morgan fingerprint density at radius 1 is 1.10 bits per heavy atom. The Balaban J connectivity index is 0.000000339. The topological polar surface area (TPSA) is 92.4 Å². The zero-order valence-corrected chi connectivity index (χ0v) is 17.1. The van der Waals surface area contributed by atoms with Gasteiger partial charge >= 0.3 is 12.1 Å². The summed E-state index contributed by atoms with van der Waals surface area (Å²) in [6.07, 6.45) is 1.34. The van der Waals surface area contributed by atoms with Crippen LogP contribution in [-0.2, 0) is 14.3 Å². The maximum Gasteiger partial charge on any atom is 0.490 e. The van der Waals surface area contributed by atoms with E-state index in [9.17, 15) is 18.0 Å². The molecule has 1 aromatic heterocycles. The van der Waals surface area contributed by atoms with Crippen molar-refractivity contribution in [3.63, 3.8) is 0 Å². The Morgan fingerprint density at radius 3 is 2.42 bits per heavy atom. The molecule has 0 aromatic carbocycles. The molecule has 3 saturated heterocycles. The summed E-state index contributed by atoms with van der Waals surface area (Å²) in [5.74, 6) is -2.70. The molecule has 0 aliphatic carbocycles. The average Bonchev–Trinajstić information content (AvgIpc) is 3.36. The molecule has 1 amide bonds. The van der Waals surface area contributed by atoms with E-state index in [0.29, 0.717) is 24.8 Å². The summed E-state index contributed by atoms with van der Waals surface area (Å²) in [4.78, 5) is 26.2. The molecular formula is C20H27F3N2O6. The number of carboxylic acids is 1. The second-order valence-corrected chi connectivity index (χ2v) is 8.16. The van der Waals surface area contributed by atoms with Gasteiger partial charge in [-0.15, -0.1) is 0 Å². The molecule has 3 aliphatic rings. The van der Waals surface area contributed by atoms with Gasteiger partial charge in [-0.3, -0.25) is 9.69 Å². The number of aliphatic carboxylic acids is 1. The highest BCUT2D eigenvalue weighted by Crippen LogP contribution is 2.36. The van der Waals surface area contributed by atoms with Crippen LogP contribution in [0.25, 0.3) is 0 Å². The lowest BCUT2D eigenvalue weighted by molar-refractivity contribution is -0.192. The number of alkyl halides is 3. The first-order valence-corrected chi connectivity index (χ1v) is 10.2. The number of halogens is 3. The first kappa shape index (κ1) is 23.6. The van der Waals surface area contributed by atoms with Gasteiger partial charge in [0.1, 0.15) is 6.26 Å². The largest absolute Gasteiger partial charge is 0.490 e. The summed E-state index contributed by atoms with van der Waals surface area (Å²) in [5, 5.41) is 7.12. The van der Waals surface area contributed by atoms with E-state index < -0.39 is 12.1 Å². The fraction of sp³-hybridized carbons (Fsp3) is 0.700. The van der Waals surface area contributed by atoms with Gasteiger partial charge in [-0.2, -0.15) is 13.2 Å². The van der Waals surface area contributed by atoms with Gasteiger partial charge in [0.2, 0.25) is 0 Å². The summed E-state index contributed by atoms with van der Waals surface area (Å²) in [7, 11) is 0. The lowest BCUT2D eigenvalue weighted by atomic mass is 9.87. The maximum atomic E-state index is 12.7. The minimum Gasteiger partial charge on any atom is -0.475 e. The van der Waals surface area contributed by atoms with Crippen molar-refractivity contribution in [2.75, 3.05) is 52.6 Å². The van der Waals surface area contributed by atoms with Gasteiger partial charge in [0.15, 0.2) is 0 Å². The molecule has 3 fully saturated rings. The summed E-state index contributed by atoms with van der Waals surface area (Å²) < 4.78 is 48.2. The standard InChI is InChI=1S/C18H26N2O4.C2HF3O2/c21-17(15-1-7-23-11-15)20-6-10-24-14-18(13-20)4-5-19(12-18)16-2-8-22-9-3-16;3-2(4,5)1(6)7/h1,7,11,16H,2-6,8-10,12-14H2;(H,6,7). The zero-order chi connectivity index (χ0) is 22.5. The molecule has 4 heterocycles. The number of ether oxygens (including phenoxy) is 2. The molecule has 0 radical (unpaired) electrons. The number of carboxylic acid groups (broad SMARTS) is 1. The van der Waals surface area contributed by atoms with E-state index in [0.717, 1.165) is 58.7 Å². The van der Waals surface area contributed by atoms with Gasteiger partial charge < -0.3 is 23.9 Å². The Labute approximate surface area is 177 Å².